The molecule has 2 rings (SSSR count). The third-order valence-electron chi connectivity index (χ3n) is 3.70. The van der Waals surface area contributed by atoms with Crippen molar-refractivity contribution in [3.8, 4) is 0 Å². The summed E-state index contributed by atoms with van der Waals surface area (Å²) in [6, 6.07) is 1.78. The highest BCUT2D eigenvalue weighted by Gasteiger charge is 2.20. The molecule has 1 aromatic rings. The molecule has 4 nitrogen and oxygen atoms in total. The number of rotatable bonds is 8. The van der Waals surface area contributed by atoms with Gasteiger partial charge >= 0.3 is 0 Å². The molecule has 0 amide bonds. The molecule has 0 aromatic carbocycles. The van der Waals surface area contributed by atoms with Gasteiger partial charge in [0.15, 0.2) is 0 Å². The lowest BCUT2D eigenvalue weighted by atomic mass is 10.1. The van der Waals surface area contributed by atoms with Crippen LogP contribution < -0.4 is 10.0 Å². The first kappa shape index (κ1) is 15.9. The second-order valence-electron chi connectivity index (χ2n) is 5.43. The first-order valence-electron chi connectivity index (χ1n) is 7.39. The highest BCUT2D eigenvalue weighted by molar-refractivity contribution is 7.89. The summed E-state index contributed by atoms with van der Waals surface area (Å²) in [6.45, 7) is 4.41. The maximum atomic E-state index is 12.2. The van der Waals surface area contributed by atoms with Crippen molar-refractivity contribution in [3.05, 3.63) is 16.3 Å². The number of hydrogen-bond donors (Lipinski definition) is 2. The van der Waals surface area contributed by atoms with Crippen molar-refractivity contribution in [1.82, 2.24) is 10.0 Å². The van der Waals surface area contributed by atoms with Gasteiger partial charge in [-0.1, -0.05) is 19.8 Å². The zero-order chi connectivity index (χ0) is 14.4. The van der Waals surface area contributed by atoms with Gasteiger partial charge in [0.05, 0.1) is 4.90 Å². The third kappa shape index (κ3) is 4.55. The Kier molecular flexibility index (Phi) is 6.01. The number of nitrogens with one attached hydrogen (secondary N) is 2. The molecule has 0 spiro atoms. The smallest absolute Gasteiger partial charge is 0.241 e. The molecule has 1 fully saturated rings. The molecule has 0 saturated heterocycles. The van der Waals surface area contributed by atoms with Gasteiger partial charge in [-0.15, -0.1) is 11.3 Å². The second-order valence-corrected chi connectivity index (χ2v) is 8.19. The maximum absolute atomic E-state index is 12.2. The topological polar surface area (TPSA) is 58.2 Å². The van der Waals surface area contributed by atoms with Crippen LogP contribution in [0.4, 0.5) is 0 Å². The van der Waals surface area contributed by atoms with Crippen molar-refractivity contribution >= 4 is 21.4 Å². The minimum absolute atomic E-state index is 0.411. The zero-order valence-electron chi connectivity index (χ0n) is 12.0. The van der Waals surface area contributed by atoms with Gasteiger partial charge in [-0.3, -0.25) is 0 Å². The van der Waals surface area contributed by atoms with E-state index in [1.807, 2.05) is 0 Å². The van der Waals surface area contributed by atoms with Crippen LogP contribution in [0.25, 0.3) is 0 Å². The van der Waals surface area contributed by atoms with Gasteiger partial charge in [-0.2, -0.15) is 0 Å². The lowest BCUT2D eigenvalue weighted by Gasteiger charge is -2.10. The SMILES string of the molecule is CCCNCc1cc(S(=O)(=O)NCC2CCCC2)cs1. The van der Waals surface area contributed by atoms with Crippen molar-refractivity contribution in [1.29, 1.82) is 0 Å². The Bertz CT molecular complexity index is 505. The Morgan fingerprint density at radius 1 is 1.35 bits per heavy atom. The second kappa shape index (κ2) is 7.54. The first-order valence-corrected chi connectivity index (χ1v) is 9.76. The summed E-state index contributed by atoms with van der Waals surface area (Å²) in [5.74, 6) is 0.522. The van der Waals surface area contributed by atoms with Crippen LogP contribution >= 0.6 is 11.3 Å². The summed E-state index contributed by atoms with van der Waals surface area (Å²) in [7, 11) is -3.32. The number of hydrogen-bond acceptors (Lipinski definition) is 4. The van der Waals surface area contributed by atoms with Crippen molar-refractivity contribution < 1.29 is 8.42 Å². The van der Waals surface area contributed by atoms with E-state index in [-0.39, 0.29) is 0 Å². The summed E-state index contributed by atoms with van der Waals surface area (Å²) in [4.78, 5) is 1.48. The van der Waals surface area contributed by atoms with Crippen LogP contribution in [0.5, 0.6) is 0 Å². The van der Waals surface area contributed by atoms with Gasteiger partial charge < -0.3 is 5.32 Å². The Morgan fingerprint density at radius 2 is 2.10 bits per heavy atom. The van der Waals surface area contributed by atoms with Gasteiger partial charge in [-0.25, -0.2) is 13.1 Å². The highest BCUT2D eigenvalue weighted by Crippen LogP contribution is 2.25. The molecule has 6 heteroatoms. The van der Waals surface area contributed by atoms with Crippen molar-refractivity contribution in [2.24, 2.45) is 5.92 Å². The predicted molar refractivity (Wildman–Crippen MR) is 83.5 cm³/mol. The fourth-order valence-electron chi connectivity index (χ4n) is 2.51. The monoisotopic (exact) mass is 316 g/mol. The summed E-state index contributed by atoms with van der Waals surface area (Å²) >= 11 is 1.50. The molecule has 0 bridgehead atoms. The van der Waals surface area contributed by atoms with E-state index in [1.54, 1.807) is 11.4 Å². The summed E-state index contributed by atoms with van der Waals surface area (Å²) in [6.07, 6.45) is 5.85. The molecule has 1 saturated carbocycles. The van der Waals surface area contributed by atoms with E-state index in [4.69, 9.17) is 0 Å². The zero-order valence-corrected chi connectivity index (χ0v) is 13.7. The van der Waals surface area contributed by atoms with Crippen molar-refractivity contribution in [3.63, 3.8) is 0 Å². The fourth-order valence-corrected chi connectivity index (χ4v) is 4.87. The van der Waals surface area contributed by atoms with Crippen LogP contribution in [0.3, 0.4) is 0 Å². The lowest BCUT2D eigenvalue weighted by molar-refractivity contribution is 0.520. The number of sulfonamides is 1. The van der Waals surface area contributed by atoms with E-state index in [1.165, 1.54) is 24.2 Å². The van der Waals surface area contributed by atoms with Gasteiger partial charge in [0.1, 0.15) is 0 Å². The Morgan fingerprint density at radius 3 is 2.80 bits per heavy atom. The maximum Gasteiger partial charge on any atom is 0.241 e. The van der Waals surface area contributed by atoms with Crippen LogP contribution in [-0.4, -0.2) is 21.5 Å². The normalized spacial score (nSPS) is 16.9. The highest BCUT2D eigenvalue weighted by atomic mass is 32.2. The quantitative estimate of drug-likeness (QED) is 0.725. The van der Waals surface area contributed by atoms with E-state index in [0.717, 1.165) is 37.2 Å². The molecule has 2 N–H and O–H groups in total. The van der Waals surface area contributed by atoms with Crippen LogP contribution in [0, 0.1) is 5.92 Å². The van der Waals surface area contributed by atoms with Gasteiger partial charge in [0.2, 0.25) is 10.0 Å². The third-order valence-corrected chi connectivity index (χ3v) is 6.19. The van der Waals surface area contributed by atoms with Crippen molar-refractivity contribution in [2.75, 3.05) is 13.1 Å². The van der Waals surface area contributed by atoms with Crippen molar-refractivity contribution in [2.45, 2.75) is 50.5 Å². The molecular weight excluding hydrogens is 292 g/mol. The van der Waals surface area contributed by atoms with E-state index in [0.29, 0.717) is 17.4 Å². The summed E-state index contributed by atoms with van der Waals surface area (Å²) in [5.41, 5.74) is 0. The lowest BCUT2D eigenvalue weighted by Crippen LogP contribution is -2.28. The molecule has 0 atom stereocenters. The van der Waals surface area contributed by atoms with Crippen LogP contribution in [-0.2, 0) is 16.6 Å². The van der Waals surface area contributed by atoms with Gasteiger partial charge in [0.25, 0.3) is 0 Å². The number of thiophene rings is 1. The standard InChI is InChI=1S/C14H24N2O2S2/c1-2-7-15-10-13-8-14(11-19-13)20(17,18)16-9-12-5-3-4-6-12/h8,11-12,15-16H,2-7,9-10H2,1H3. The average molecular weight is 316 g/mol. The molecule has 1 heterocycles. The van der Waals surface area contributed by atoms with E-state index >= 15 is 0 Å². The molecular formula is C14H24N2O2S2. The summed E-state index contributed by atoms with van der Waals surface area (Å²) in [5, 5.41) is 5.02. The van der Waals surface area contributed by atoms with Gasteiger partial charge in [-0.05, 0) is 37.8 Å². The molecule has 0 aliphatic heterocycles. The Hall–Kier alpha value is -0.430. The Balaban J connectivity index is 1.88. The van der Waals surface area contributed by atoms with E-state index in [9.17, 15) is 8.42 Å². The van der Waals surface area contributed by atoms with Crippen LogP contribution in [0.15, 0.2) is 16.3 Å². The molecule has 1 aliphatic rings. The molecule has 1 aliphatic carbocycles. The largest absolute Gasteiger partial charge is 0.312 e. The van der Waals surface area contributed by atoms with Gasteiger partial charge in [0, 0.05) is 23.3 Å². The minimum atomic E-state index is -3.32. The first-order chi connectivity index (χ1) is 9.62. The minimum Gasteiger partial charge on any atom is -0.312 e. The molecule has 0 radical (unpaired) electrons. The Labute approximate surface area is 126 Å². The van der Waals surface area contributed by atoms with Crippen LogP contribution in [0.1, 0.15) is 43.9 Å². The van der Waals surface area contributed by atoms with E-state index < -0.39 is 10.0 Å². The summed E-state index contributed by atoms with van der Waals surface area (Å²) < 4.78 is 27.2. The molecule has 0 unspecified atom stereocenters. The van der Waals surface area contributed by atoms with E-state index in [2.05, 4.69) is 17.0 Å². The molecule has 114 valence electrons. The predicted octanol–water partition coefficient (Wildman–Crippen LogP) is 2.72. The molecule has 1 aromatic heterocycles. The van der Waals surface area contributed by atoms with Crippen LogP contribution in [0.2, 0.25) is 0 Å². The average Bonchev–Trinajstić information content (AvgIpc) is 3.08. The molecule has 20 heavy (non-hydrogen) atoms. The fraction of sp³-hybridized carbons (Fsp3) is 0.714.